The second kappa shape index (κ2) is 5.84. The van der Waals surface area contributed by atoms with Gasteiger partial charge in [-0.3, -0.25) is 4.98 Å². The Bertz CT molecular complexity index is 298. The van der Waals surface area contributed by atoms with Crippen LogP contribution in [0.1, 0.15) is 18.9 Å². The summed E-state index contributed by atoms with van der Waals surface area (Å²) in [6.07, 6.45) is -0.819. The first-order chi connectivity index (χ1) is 7.47. The van der Waals surface area contributed by atoms with Crippen LogP contribution in [0, 0.1) is 0 Å². The number of nitrogens with one attached hydrogen (secondary N) is 1. The van der Waals surface area contributed by atoms with E-state index in [0.717, 1.165) is 5.56 Å². The van der Waals surface area contributed by atoms with Gasteiger partial charge in [0.05, 0.1) is 6.42 Å². The SMILES string of the molecule is CC(CC(F)(F)F)NCCc1ccncc1. The van der Waals surface area contributed by atoms with Crippen LogP contribution in [-0.2, 0) is 6.42 Å². The molecule has 5 heteroatoms. The van der Waals surface area contributed by atoms with Crippen molar-refractivity contribution in [1.82, 2.24) is 10.3 Å². The van der Waals surface area contributed by atoms with Gasteiger partial charge in [0.2, 0.25) is 0 Å². The van der Waals surface area contributed by atoms with Gasteiger partial charge in [-0.1, -0.05) is 0 Å². The van der Waals surface area contributed by atoms with E-state index in [0.29, 0.717) is 13.0 Å². The fourth-order valence-corrected chi connectivity index (χ4v) is 1.43. The zero-order valence-corrected chi connectivity index (χ0v) is 9.09. The Hall–Kier alpha value is -1.10. The first kappa shape index (κ1) is 13.0. The molecule has 1 rings (SSSR count). The summed E-state index contributed by atoms with van der Waals surface area (Å²) in [6.45, 7) is 2.08. The van der Waals surface area contributed by atoms with Crippen LogP contribution in [0.15, 0.2) is 24.5 Å². The van der Waals surface area contributed by atoms with Gasteiger partial charge in [-0.25, -0.2) is 0 Å². The third kappa shape index (κ3) is 5.70. The molecule has 1 atom stereocenters. The smallest absolute Gasteiger partial charge is 0.314 e. The average molecular weight is 232 g/mol. The molecular formula is C11H15F3N2. The molecule has 2 nitrogen and oxygen atoms in total. The van der Waals surface area contributed by atoms with Crippen LogP contribution in [0.25, 0.3) is 0 Å². The van der Waals surface area contributed by atoms with Crippen molar-refractivity contribution >= 4 is 0 Å². The van der Waals surface area contributed by atoms with Gasteiger partial charge >= 0.3 is 6.18 Å². The fraction of sp³-hybridized carbons (Fsp3) is 0.545. The highest BCUT2D eigenvalue weighted by Crippen LogP contribution is 2.21. The summed E-state index contributed by atoms with van der Waals surface area (Å²) >= 11 is 0. The molecule has 0 bridgehead atoms. The normalized spacial score (nSPS) is 13.8. The number of hydrogen-bond donors (Lipinski definition) is 1. The van der Waals surface area contributed by atoms with E-state index < -0.39 is 18.6 Å². The number of aromatic nitrogens is 1. The summed E-state index contributed by atoms with van der Waals surface area (Å²) in [5.41, 5.74) is 1.07. The van der Waals surface area contributed by atoms with Crippen molar-refractivity contribution in [3.8, 4) is 0 Å². The molecule has 0 aliphatic rings. The van der Waals surface area contributed by atoms with Crippen molar-refractivity contribution in [1.29, 1.82) is 0 Å². The third-order valence-electron chi connectivity index (χ3n) is 2.19. The van der Waals surface area contributed by atoms with E-state index in [9.17, 15) is 13.2 Å². The number of halogens is 3. The maximum absolute atomic E-state index is 12.0. The molecule has 0 aliphatic carbocycles. The summed E-state index contributed by atoms with van der Waals surface area (Å²) in [6, 6.07) is 3.17. The molecule has 1 unspecified atom stereocenters. The second-order valence-electron chi connectivity index (χ2n) is 3.78. The Balaban J connectivity index is 2.21. The minimum Gasteiger partial charge on any atom is -0.314 e. The van der Waals surface area contributed by atoms with Crippen LogP contribution in [0.2, 0.25) is 0 Å². The van der Waals surface area contributed by atoms with Crippen LogP contribution in [0.3, 0.4) is 0 Å². The zero-order valence-electron chi connectivity index (χ0n) is 9.09. The summed E-state index contributed by atoms with van der Waals surface area (Å²) in [5, 5.41) is 2.85. The van der Waals surface area contributed by atoms with Gasteiger partial charge in [-0.2, -0.15) is 13.2 Å². The second-order valence-corrected chi connectivity index (χ2v) is 3.78. The fourth-order valence-electron chi connectivity index (χ4n) is 1.43. The molecule has 0 saturated heterocycles. The highest BCUT2D eigenvalue weighted by Gasteiger charge is 2.29. The third-order valence-corrected chi connectivity index (χ3v) is 2.19. The molecule has 1 N–H and O–H groups in total. The average Bonchev–Trinajstić information content (AvgIpc) is 2.16. The predicted molar refractivity (Wildman–Crippen MR) is 56.1 cm³/mol. The maximum Gasteiger partial charge on any atom is 0.390 e. The van der Waals surface area contributed by atoms with E-state index in [1.807, 2.05) is 12.1 Å². The van der Waals surface area contributed by atoms with Crippen molar-refractivity contribution < 1.29 is 13.2 Å². The number of hydrogen-bond acceptors (Lipinski definition) is 2. The van der Waals surface area contributed by atoms with E-state index in [2.05, 4.69) is 10.3 Å². The highest BCUT2D eigenvalue weighted by atomic mass is 19.4. The van der Waals surface area contributed by atoms with Crippen LogP contribution in [0.5, 0.6) is 0 Å². The number of alkyl halides is 3. The molecule has 0 fully saturated rings. The molecule has 90 valence electrons. The summed E-state index contributed by atoms with van der Waals surface area (Å²) in [7, 11) is 0. The van der Waals surface area contributed by atoms with Gasteiger partial charge in [0.15, 0.2) is 0 Å². The Morgan fingerprint density at radius 2 is 1.94 bits per heavy atom. The lowest BCUT2D eigenvalue weighted by Gasteiger charge is -2.15. The topological polar surface area (TPSA) is 24.9 Å². The zero-order chi connectivity index (χ0) is 12.0. The van der Waals surface area contributed by atoms with E-state index >= 15 is 0 Å². The number of rotatable bonds is 5. The molecular weight excluding hydrogens is 217 g/mol. The Morgan fingerprint density at radius 3 is 2.50 bits per heavy atom. The molecule has 0 aromatic carbocycles. The van der Waals surface area contributed by atoms with E-state index in [1.165, 1.54) is 0 Å². The Morgan fingerprint density at radius 1 is 1.31 bits per heavy atom. The van der Waals surface area contributed by atoms with Crippen molar-refractivity contribution in [3.63, 3.8) is 0 Å². The highest BCUT2D eigenvalue weighted by molar-refractivity contribution is 5.09. The number of nitrogens with zero attached hydrogens (tertiary/aromatic N) is 1. The minimum absolute atomic E-state index is 0.540. The van der Waals surface area contributed by atoms with E-state index in [1.54, 1.807) is 19.3 Å². The maximum atomic E-state index is 12.0. The van der Waals surface area contributed by atoms with Gasteiger partial charge < -0.3 is 5.32 Å². The first-order valence-corrected chi connectivity index (χ1v) is 5.16. The van der Waals surface area contributed by atoms with Crippen LogP contribution < -0.4 is 5.32 Å². The lowest BCUT2D eigenvalue weighted by Crippen LogP contribution is -2.32. The molecule has 0 spiro atoms. The summed E-state index contributed by atoms with van der Waals surface area (Å²) in [5.74, 6) is 0. The lowest BCUT2D eigenvalue weighted by molar-refractivity contribution is -0.138. The Labute approximate surface area is 92.9 Å². The largest absolute Gasteiger partial charge is 0.390 e. The molecule has 0 saturated carbocycles. The van der Waals surface area contributed by atoms with Gasteiger partial charge in [0.1, 0.15) is 0 Å². The van der Waals surface area contributed by atoms with Gasteiger partial charge in [0.25, 0.3) is 0 Å². The summed E-state index contributed by atoms with van der Waals surface area (Å²) < 4.78 is 36.0. The van der Waals surface area contributed by atoms with Crippen molar-refractivity contribution in [2.75, 3.05) is 6.54 Å². The van der Waals surface area contributed by atoms with E-state index in [-0.39, 0.29) is 0 Å². The van der Waals surface area contributed by atoms with E-state index in [4.69, 9.17) is 0 Å². The molecule has 1 heterocycles. The van der Waals surface area contributed by atoms with Crippen molar-refractivity contribution in [2.24, 2.45) is 0 Å². The molecule has 1 aromatic rings. The van der Waals surface area contributed by atoms with Crippen LogP contribution in [0.4, 0.5) is 13.2 Å². The monoisotopic (exact) mass is 232 g/mol. The lowest BCUT2D eigenvalue weighted by atomic mass is 10.2. The van der Waals surface area contributed by atoms with Crippen molar-refractivity contribution in [2.45, 2.75) is 32.0 Å². The van der Waals surface area contributed by atoms with Crippen molar-refractivity contribution in [3.05, 3.63) is 30.1 Å². The van der Waals surface area contributed by atoms with Crippen LogP contribution in [-0.4, -0.2) is 23.7 Å². The first-order valence-electron chi connectivity index (χ1n) is 5.16. The quantitative estimate of drug-likeness (QED) is 0.843. The standard InChI is InChI=1S/C11H15F3N2/c1-9(8-11(12,13)14)16-7-4-10-2-5-15-6-3-10/h2-3,5-6,9,16H,4,7-8H2,1H3. The summed E-state index contributed by atoms with van der Waals surface area (Å²) in [4.78, 5) is 3.87. The minimum atomic E-state index is -4.09. The van der Waals surface area contributed by atoms with Gasteiger partial charge in [-0.05, 0) is 37.6 Å². The van der Waals surface area contributed by atoms with Gasteiger partial charge in [0, 0.05) is 18.4 Å². The predicted octanol–water partition coefficient (Wildman–Crippen LogP) is 2.55. The molecule has 1 aromatic heterocycles. The van der Waals surface area contributed by atoms with Crippen LogP contribution >= 0.6 is 0 Å². The Kier molecular flexibility index (Phi) is 4.73. The number of pyridine rings is 1. The molecule has 0 radical (unpaired) electrons. The van der Waals surface area contributed by atoms with Gasteiger partial charge in [-0.15, -0.1) is 0 Å². The molecule has 16 heavy (non-hydrogen) atoms. The molecule has 0 aliphatic heterocycles. The molecule has 0 amide bonds.